The third kappa shape index (κ3) is 2.15. The second-order valence-electron chi connectivity index (χ2n) is 3.53. The Morgan fingerprint density at radius 2 is 2.12 bits per heavy atom. The molecule has 1 aliphatic rings. The van der Waals surface area contributed by atoms with Gasteiger partial charge in [0.15, 0.2) is 0 Å². The van der Waals surface area contributed by atoms with Gasteiger partial charge >= 0.3 is 0 Å². The van der Waals surface area contributed by atoms with Crippen LogP contribution < -0.4 is 0 Å². The lowest BCUT2D eigenvalue weighted by atomic mass is 9.98. The molecule has 0 heterocycles. The van der Waals surface area contributed by atoms with E-state index in [1.807, 2.05) is 0 Å². The fourth-order valence-corrected chi connectivity index (χ4v) is 2.47. The second kappa shape index (κ2) is 4.60. The average molecular weight is 304 g/mol. The van der Waals surface area contributed by atoms with E-state index in [2.05, 4.69) is 15.9 Å². The Bertz CT molecular complexity index is 494. The van der Waals surface area contributed by atoms with Crippen LogP contribution in [0.15, 0.2) is 34.6 Å². The molecule has 2 rings (SSSR count). The maximum atomic E-state index is 13.7. The molecular weight excluding hydrogens is 294 g/mol. The smallest absolute Gasteiger partial charge is 0.128 e. The van der Waals surface area contributed by atoms with Crippen molar-refractivity contribution < 1.29 is 9.50 Å². The number of hydrogen-bond donors (Lipinski definition) is 1. The first-order valence-electron chi connectivity index (χ1n) is 4.83. The number of hydrogen-bond acceptors (Lipinski definition) is 1. The number of phenolic OH excluding ortho intramolecular Hbond substituents is 1. The molecule has 0 spiro atoms. The fraction of sp³-hybridized carbons (Fsp3) is 0.167. The molecule has 1 aromatic rings. The summed E-state index contributed by atoms with van der Waals surface area (Å²) in [5.41, 5.74) is 0.819. The number of allylic oxidation sites excluding steroid dienone is 4. The van der Waals surface area contributed by atoms with Crippen molar-refractivity contribution >= 4 is 33.1 Å². The predicted molar refractivity (Wildman–Crippen MR) is 67.4 cm³/mol. The van der Waals surface area contributed by atoms with Crippen LogP contribution in [0.3, 0.4) is 0 Å². The minimum absolute atomic E-state index is 0.0294. The van der Waals surface area contributed by atoms with Crippen LogP contribution in [0.25, 0.3) is 5.57 Å². The number of phenols is 1. The first-order chi connectivity index (χ1) is 7.59. The van der Waals surface area contributed by atoms with Crippen molar-refractivity contribution in [3.05, 3.63) is 45.2 Å². The first-order valence-corrected chi connectivity index (χ1v) is 6.00. The van der Waals surface area contributed by atoms with Gasteiger partial charge in [-0.15, -0.1) is 0 Å². The summed E-state index contributed by atoms with van der Waals surface area (Å²) in [5.74, 6) is -0.294. The van der Waals surface area contributed by atoms with E-state index in [1.165, 1.54) is 12.1 Å². The van der Waals surface area contributed by atoms with E-state index in [0.717, 1.165) is 10.9 Å². The molecule has 0 radical (unpaired) electrons. The third-order valence-electron chi connectivity index (χ3n) is 2.43. The summed E-state index contributed by atoms with van der Waals surface area (Å²) >= 11 is 9.18. The van der Waals surface area contributed by atoms with E-state index in [4.69, 9.17) is 11.6 Å². The highest BCUT2D eigenvalue weighted by atomic mass is 79.9. The van der Waals surface area contributed by atoms with E-state index in [-0.39, 0.29) is 11.6 Å². The van der Waals surface area contributed by atoms with Gasteiger partial charge in [-0.1, -0.05) is 27.5 Å². The first kappa shape index (κ1) is 11.7. The quantitative estimate of drug-likeness (QED) is 0.790. The second-order valence-corrected chi connectivity index (χ2v) is 4.93. The van der Waals surface area contributed by atoms with E-state index in [9.17, 15) is 9.50 Å². The minimum atomic E-state index is -0.323. The van der Waals surface area contributed by atoms with Gasteiger partial charge in [-0.25, -0.2) is 4.39 Å². The summed E-state index contributed by atoms with van der Waals surface area (Å²) < 4.78 is 14.5. The standard InChI is InChI=1S/C12H9BrClFO/c13-9-2-1-3-10(15)12(9)8-6-7(14)4-5-11(8)16/h3-6,16H,1-2H2. The average Bonchev–Trinajstić information content (AvgIpc) is 2.23. The Labute approximate surface area is 106 Å². The molecule has 0 bridgehead atoms. The minimum Gasteiger partial charge on any atom is -0.507 e. The van der Waals surface area contributed by atoms with Crippen LogP contribution >= 0.6 is 27.5 Å². The lowest BCUT2D eigenvalue weighted by Gasteiger charge is -2.15. The van der Waals surface area contributed by atoms with Crippen molar-refractivity contribution in [3.63, 3.8) is 0 Å². The molecule has 0 atom stereocenters. The summed E-state index contributed by atoms with van der Waals surface area (Å²) in [7, 11) is 0. The Morgan fingerprint density at radius 1 is 1.38 bits per heavy atom. The summed E-state index contributed by atoms with van der Waals surface area (Å²) in [5, 5.41) is 10.2. The molecule has 0 amide bonds. The van der Waals surface area contributed by atoms with Crippen LogP contribution in [0, 0.1) is 0 Å². The molecular formula is C12H9BrClFO. The zero-order valence-corrected chi connectivity index (χ0v) is 10.6. The highest BCUT2D eigenvalue weighted by Gasteiger charge is 2.19. The van der Waals surface area contributed by atoms with Gasteiger partial charge in [0.2, 0.25) is 0 Å². The fourth-order valence-electron chi connectivity index (χ4n) is 1.67. The summed E-state index contributed by atoms with van der Waals surface area (Å²) in [6, 6.07) is 4.60. The predicted octanol–water partition coefficient (Wildman–Crippen LogP) is 4.80. The van der Waals surface area contributed by atoms with E-state index >= 15 is 0 Å². The molecule has 0 saturated heterocycles. The molecule has 4 heteroatoms. The Morgan fingerprint density at radius 3 is 2.81 bits per heavy atom. The third-order valence-corrected chi connectivity index (χ3v) is 3.45. The van der Waals surface area contributed by atoms with E-state index < -0.39 is 0 Å². The molecule has 0 aromatic heterocycles. The molecule has 1 nitrogen and oxygen atoms in total. The maximum Gasteiger partial charge on any atom is 0.128 e. The van der Waals surface area contributed by atoms with Crippen LogP contribution in [0.1, 0.15) is 18.4 Å². The van der Waals surface area contributed by atoms with Gasteiger partial charge in [-0.3, -0.25) is 0 Å². The SMILES string of the molecule is Oc1ccc(Cl)cc1C1=C(Br)CCC=C1F. The number of halogens is 3. The van der Waals surface area contributed by atoms with Gasteiger partial charge in [0.1, 0.15) is 11.6 Å². The van der Waals surface area contributed by atoms with Gasteiger partial charge in [0.25, 0.3) is 0 Å². The van der Waals surface area contributed by atoms with Gasteiger partial charge in [0.05, 0.1) is 0 Å². The normalized spacial score (nSPS) is 16.3. The zero-order valence-electron chi connectivity index (χ0n) is 8.30. The molecule has 1 N–H and O–H groups in total. The molecule has 0 unspecified atom stereocenters. The Kier molecular flexibility index (Phi) is 3.36. The van der Waals surface area contributed by atoms with Crippen molar-refractivity contribution in [1.82, 2.24) is 0 Å². The van der Waals surface area contributed by atoms with Crippen LogP contribution in [-0.4, -0.2) is 5.11 Å². The molecule has 0 aliphatic heterocycles. The lowest BCUT2D eigenvalue weighted by Crippen LogP contribution is -1.95. The zero-order chi connectivity index (χ0) is 11.7. The van der Waals surface area contributed by atoms with E-state index in [0.29, 0.717) is 22.6 Å². The van der Waals surface area contributed by atoms with Gasteiger partial charge in [0, 0.05) is 20.6 Å². The Balaban J connectivity index is 2.59. The number of aromatic hydroxyl groups is 1. The summed E-state index contributed by atoms with van der Waals surface area (Å²) in [6.45, 7) is 0. The molecule has 1 aromatic carbocycles. The maximum absolute atomic E-state index is 13.7. The van der Waals surface area contributed by atoms with Crippen molar-refractivity contribution in [1.29, 1.82) is 0 Å². The molecule has 0 saturated carbocycles. The molecule has 1 aliphatic carbocycles. The summed E-state index contributed by atoms with van der Waals surface area (Å²) in [6.07, 6.45) is 2.91. The van der Waals surface area contributed by atoms with Gasteiger partial charge in [-0.2, -0.15) is 0 Å². The van der Waals surface area contributed by atoms with Crippen LogP contribution in [0.2, 0.25) is 5.02 Å². The topological polar surface area (TPSA) is 20.2 Å². The highest BCUT2D eigenvalue weighted by Crippen LogP contribution is 2.41. The largest absolute Gasteiger partial charge is 0.507 e. The summed E-state index contributed by atoms with van der Waals surface area (Å²) in [4.78, 5) is 0. The van der Waals surface area contributed by atoms with Gasteiger partial charge in [-0.05, 0) is 37.1 Å². The lowest BCUT2D eigenvalue weighted by molar-refractivity contribution is 0.473. The number of benzene rings is 1. The highest BCUT2D eigenvalue weighted by molar-refractivity contribution is 9.11. The van der Waals surface area contributed by atoms with Gasteiger partial charge < -0.3 is 5.11 Å². The van der Waals surface area contributed by atoms with Crippen molar-refractivity contribution in [3.8, 4) is 5.75 Å². The van der Waals surface area contributed by atoms with Crippen LogP contribution in [0.4, 0.5) is 4.39 Å². The van der Waals surface area contributed by atoms with Crippen molar-refractivity contribution in [2.75, 3.05) is 0 Å². The monoisotopic (exact) mass is 302 g/mol. The van der Waals surface area contributed by atoms with Crippen molar-refractivity contribution in [2.24, 2.45) is 0 Å². The Hall–Kier alpha value is -0.800. The molecule has 84 valence electrons. The number of rotatable bonds is 1. The molecule has 16 heavy (non-hydrogen) atoms. The van der Waals surface area contributed by atoms with Crippen molar-refractivity contribution in [2.45, 2.75) is 12.8 Å². The van der Waals surface area contributed by atoms with E-state index in [1.54, 1.807) is 12.1 Å². The van der Waals surface area contributed by atoms with Crippen LogP contribution in [-0.2, 0) is 0 Å². The molecule has 0 fully saturated rings. The van der Waals surface area contributed by atoms with Crippen LogP contribution in [0.5, 0.6) is 5.75 Å².